The topological polar surface area (TPSA) is 65.8 Å². The monoisotopic (exact) mass is 547 g/mol. The first-order valence-electron chi connectivity index (χ1n) is 10.4. The van der Waals surface area contributed by atoms with E-state index in [1.807, 2.05) is 73.7 Å². The average molecular weight is 549 g/mol. The van der Waals surface area contributed by atoms with Gasteiger partial charge in [0.2, 0.25) is 5.91 Å². The number of aryl methyl sites for hydroxylation is 1. The zero-order valence-electron chi connectivity index (χ0n) is 18.2. The Bertz CT molecular complexity index is 1380. The van der Waals surface area contributed by atoms with Crippen LogP contribution in [0.5, 0.6) is 0 Å². The average Bonchev–Trinajstić information content (AvgIpc) is 2.84. The third-order valence-electron chi connectivity index (χ3n) is 5.09. The van der Waals surface area contributed by atoms with Gasteiger partial charge in [0.15, 0.2) is 0 Å². The Hall–Kier alpha value is -3.11. The zero-order valence-corrected chi connectivity index (χ0v) is 21.3. The lowest BCUT2D eigenvalue weighted by atomic mass is 9.99. The normalized spacial score (nSPS) is 10.5. The highest BCUT2D eigenvalue weighted by Gasteiger charge is 2.17. The molecule has 4 nitrogen and oxygen atoms in total. The maximum atomic E-state index is 12.6. The van der Waals surface area contributed by atoms with Crippen LogP contribution in [0.4, 0.5) is 5.69 Å². The molecule has 0 fully saturated rings. The van der Waals surface area contributed by atoms with Crippen molar-refractivity contribution < 1.29 is 4.79 Å². The Morgan fingerprint density at radius 1 is 1.06 bits per heavy atom. The van der Waals surface area contributed by atoms with Crippen molar-refractivity contribution in [3.05, 3.63) is 99.5 Å². The number of nitrogens with one attached hydrogen (secondary N) is 1. The number of para-hydroxylation sites is 1. The van der Waals surface area contributed by atoms with Crippen LogP contribution in [0.25, 0.3) is 22.4 Å². The number of hydrogen-bond acceptors (Lipinski definition) is 4. The lowest BCUT2D eigenvalue weighted by molar-refractivity contribution is -0.113. The minimum atomic E-state index is -0.184. The second kappa shape index (κ2) is 10.9. The molecule has 0 aliphatic rings. The van der Waals surface area contributed by atoms with E-state index in [1.165, 1.54) is 11.8 Å². The second-order valence-corrected chi connectivity index (χ2v) is 9.79. The van der Waals surface area contributed by atoms with E-state index in [0.717, 1.165) is 32.4 Å². The number of carbonyl (C=O) groups excluding carboxylic acids is 1. The summed E-state index contributed by atoms with van der Waals surface area (Å²) in [6, 6.07) is 27.0. The summed E-state index contributed by atoms with van der Waals surface area (Å²) in [4.78, 5) is 17.4. The first-order valence-corrected chi connectivity index (χ1v) is 12.6. The fraction of sp³-hybridized carbons (Fsp3) is 0.0741. The summed E-state index contributed by atoms with van der Waals surface area (Å²) >= 11 is 10.8. The minimum absolute atomic E-state index is 0.112. The van der Waals surface area contributed by atoms with Crippen LogP contribution in [0.2, 0.25) is 5.02 Å². The lowest BCUT2D eigenvalue weighted by Crippen LogP contribution is -2.14. The fourth-order valence-corrected chi connectivity index (χ4v) is 4.66. The number of rotatable bonds is 6. The molecule has 0 bridgehead atoms. The van der Waals surface area contributed by atoms with E-state index >= 15 is 0 Å². The first-order chi connectivity index (χ1) is 16.4. The molecule has 0 radical (unpaired) electrons. The van der Waals surface area contributed by atoms with Gasteiger partial charge >= 0.3 is 0 Å². The smallest absolute Gasteiger partial charge is 0.234 e. The van der Waals surface area contributed by atoms with Crippen LogP contribution in [-0.2, 0) is 4.79 Å². The van der Waals surface area contributed by atoms with Gasteiger partial charge in [-0.2, -0.15) is 5.26 Å². The van der Waals surface area contributed by atoms with Gasteiger partial charge in [-0.3, -0.25) is 4.79 Å². The number of halogens is 2. The molecule has 3 aromatic carbocycles. The van der Waals surface area contributed by atoms with Gasteiger partial charge < -0.3 is 5.32 Å². The number of benzene rings is 3. The van der Waals surface area contributed by atoms with Crippen LogP contribution in [0, 0.1) is 18.3 Å². The van der Waals surface area contributed by atoms with Crippen LogP contribution in [0.15, 0.2) is 88.4 Å². The molecule has 0 aliphatic carbocycles. The summed E-state index contributed by atoms with van der Waals surface area (Å²) in [6.45, 7) is 2.03. The van der Waals surface area contributed by atoms with Crippen molar-refractivity contribution in [2.75, 3.05) is 11.1 Å². The zero-order chi connectivity index (χ0) is 24.1. The molecule has 34 heavy (non-hydrogen) atoms. The molecule has 4 aromatic rings. The van der Waals surface area contributed by atoms with Crippen molar-refractivity contribution >= 4 is 50.9 Å². The predicted molar refractivity (Wildman–Crippen MR) is 143 cm³/mol. The highest BCUT2D eigenvalue weighted by atomic mass is 79.9. The number of hydrogen-bond donors (Lipinski definition) is 1. The van der Waals surface area contributed by atoms with Crippen molar-refractivity contribution in [3.63, 3.8) is 0 Å². The fourth-order valence-electron chi connectivity index (χ4n) is 3.35. The molecule has 0 aliphatic heterocycles. The molecule has 4 rings (SSSR count). The molecule has 168 valence electrons. The maximum absolute atomic E-state index is 12.6. The van der Waals surface area contributed by atoms with Gasteiger partial charge in [-0.1, -0.05) is 77.5 Å². The summed E-state index contributed by atoms with van der Waals surface area (Å²) in [7, 11) is 0. The van der Waals surface area contributed by atoms with Crippen molar-refractivity contribution in [3.8, 4) is 28.5 Å². The second-order valence-electron chi connectivity index (χ2n) is 7.54. The van der Waals surface area contributed by atoms with Crippen molar-refractivity contribution in [2.24, 2.45) is 0 Å². The molecule has 7 heteroatoms. The van der Waals surface area contributed by atoms with Crippen LogP contribution in [0.3, 0.4) is 0 Å². The molecule has 1 heterocycles. The van der Waals surface area contributed by atoms with E-state index in [9.17, 15) is 10.1 Å². The van der Waals surface area contributed by atoms with E-state index in [2.05, 4.69) is 27.3 Å². The summed E-state index contributed by atoms with van der Waals surface area (Å²) in [5.74, 6) is -0.0724. The number of amides is 1. The highest BCUT2D eigenvalue weighted by Crippen LogP contribution is 2.35. The number of anilines is 1. The van der Waals surface area contributed by atoms with Gasteiger partial charge in [0.05, 0.1) is 22.7 Å². The lowest BCUT2D eigenvalue weighted by Gasteiger charge is -2.13. The third-order valence-corrected chi connectivity index (χ3v) is 7.01. The Morgan fingerprint density at radius 3 is 2.41 bits per heavy atom. The van der Waals surface area contributed by atoms with E-state index in [-0.39, 0.29) is 11.7 Å². The first kappa shape index (κ1) is 24.0. The summed E-state index contributed by atoms with van der Waals surface area (Å²) in [5, 5.41) is 14.0. The van der Waals surface area contributed by atoms with Gasteiger partial charge in [0.1, 0.15) is 11.1 Å². The summed E-state index contributed by atoms with van der Waals surface area (Å²) < 4.78 is 0.801. The molecule has 0 unspecified atom stereocenters. The van der Waals surface area contributed by atoms with Crippen LogP contribution in [-0.4, -0.2) is 16.6 Å². The van der Waals surface area contributed by atoms with Gasteiger partial charge in [-0.25, -0.2) is 4.98 Å². The number of nitriles is 1. The van der Waals surface area contributed by atoms with E-state index < -0.39 is 0 Å². The Balaban J connectivity index is 1.70. The molecule has 1 aromatic heterocycles. The molecular formula is C27H19BrClN3OS. The number of thioether (sulfide) groups is 1. The van der Waals surface area contributed by atoms with E-state index in [4.69, 9.17) is 16.6 Å². The highest BCUT2D eigenvalue weighted by molar-refractivity contribution is 9.10. The maximum Gasteiger partial charge on any atom is 0.234 e. The quantitative estimate of drug-likeness (QED) is 0.250. The van der Waals surface area contributed by atoms with Gasteiger partial charge in [-0.15, -0.1) is 0 Å². The SMILES string of the molecule is Cc1ccc(-c2cc(-c3ccc(Cl)cc3)c(C#N)c(SCC(=O)Nc3ccccc3Br)n2)cc1. The molecule has 0 saturated heterocycles. The van der Waals surface area contributed by atoms with Crippen LogP contribution < -0.4 is 5.32 Å². The van der Waals surface area contributed by atoms with Gasteiger partial charge in [0, 0.05) is 20.6 Å². The number of aromatic nitrogens is 1. The molecular weight excluding hydrogens is 530 g/mol. The minimum Gasteiger partial charge on any atom is -0.324 e. The standard InChI is InChI=1S/C27H19BrClN3OS/c1-17-6-8-19(9-7-17)25-14-21(18-10-12-20(29)13-11-18)22(15-30)27(32-25)34-16-26(33)31-24-5-3-2-4-23(24)28/h2-14H,16H2,1H3,(H,31,33). The van der Waals surface area contributed by atoms with E-state index in [1.54, 1.807) is 12.1 Å². The number of pyridine rings is 1. The molecule has 0 atom stereocenters. The van der Waals surface area contributed by atoms with Crippen LogP contribution in [0.1, 0.15) is 11.1 Å². The Labute approximate surface area is 216 Å². The predicted octanol–water partition coefficient (Wildman–Crippen LogP) is 7.74. The number of carbonyl (C=O) groups is 1. The molecule has 1 amide bonds. The van der Waals surface area contributed by atoms with Crippen molar-refractivity contribution in [1.29, 1.82) is 5.26 Å². The number of nitrogens with zero attached hydrogens (tertiary/aromatic N) is 2. The van der Waals surface area contributed by atoms with Crippen molar-refractivity contribution in [2.45, 2.75) is 11.9 Å². The van der Waals surface area contributed by atoms with Crippen LogP contribution >= 0.6 is 39.3 Å². The summed E-state index contributed by atoms with van der Waals surface area (Å²) in [6.07, 6.45) is 0. The third kappa shape index (κ3) is 5.68. The van der Waals surface area contributed by atoms with Crippen molar-refractivity contribution in [1.82, 2.24) is 4.98 Å². The Kier molecular flexibility index (Phi) is 7.69. The van der Waals surface area contributed by atoms with Gasteiger partial charge in [-0.05, 0) is 58.7 Å². The molecule has 1 N–H and O–H groups in total. The largest absolute Gasteiger partial charge is 0.324 e. The molecule has 0 spiro atoms. The van der Waals surface area contributed by atoms with E-state index in [0.29, 0.717) is 21.3 Å². The molecule has 0 saturated carbocycles. The summed E-state index contributed by atoms with van der Waals surface area (Å²) in [5.41, 5.74) is 5.54. The Morgan fingerprint density at radius 2 is 1.74 bits per heavy atom. The van der Waals surface area contributed by atoms with Gasteiger partial charge in [0.25, 0.3) is 0 Å².